The van der Waals surface area contributed by atoms with E-state index in [0.29, 0.717) is 35.3 Å². The third-order valence-corrected chi connectivity index (χ3v) is 4.86. The summed E-state index contributed by atoms with van der Waals surface area (Å²) >= 11 is 6.19. The number of benzene rings is 2. The minimum Gasteiger partial charge on any atom is -0.493 e. The quantitative estimate of drug-likeness (QED) is 0.790. The van der Waals surface area contributed by atoms with Crippen LogP contribution >= 0.6 is 11.6 Å². The normalized spacial score (nSPS) is 14.3. The summed E-state index contributed by atoms with van der Waals surface area (Å²) in [6.07, 6.45) is 0.139. The van der Waals surface area contributed by atoms with Crippen molar-refractivity contribution in [3.63, 3.8) is 0 Å². The number of carbonyl (C=O) groups excluding carboxylic acids is 2. The molecule has 1 aliphatic heterocycles. The van der Waals surface area contributed by atoms with Crippen molar-refractivity contribution in [1.29, 1.82) is 0 Å². The predicted molar refractivity (Wildman–Crippen MR) is 104 cm³/mol. The van der Waals surface area contributed by atoms with E-state index >= 15 is 0 Å². The lowest BCUT2D eigenvalue weighted by Gasteiger charge is -2.34. The maximum absolute atomic E-state index is 12.7. The molecule has 27 heavy (non-hydrogen) atoms. The largest absolute Gasteiger partial charge is 0.493 e. The van der Waals surface area contributed by atoms with Crippen LogP contribution in [0.5, 0.6) is 11.5 Å². The molecule has 0 spiro atoms. The van der Waals surface area contributed by atoms with E-state index in [-0.39, 0.29) is 24.8 Å². The van der Waals surface area contributed by atoms with Crippen molar-refractivity contribution in [1.82, 2.24) is 4.90 Å². The highest BCUT2D eigenvalue weighted by Crippen LogP contribution is 2.31. The minimum absolute atomic E-state index is 0.0241. The Balaban J connectivity index is 1.70. The number of rotatable bonds is 5. The average Bonchev–Trinajstić information content (AvgIpc) is 2.68. The highest BCUT2D eigenvalue weighted by Gasteiger charge is 2.29. The zero-order chi connectivity index (χ0) is 19.4. The van der Waals surface area contributed by atoms with E-state index < -0.39 is 0 Å². The third kappa shape index (κ3) is 4.01. The lowest BCUT2D eigenvalue weighted by molar-refractivity contribution is -0.136. The van der Waals surface area contributed by atoms with Gasteiger partial charge in [0.25, 0.3) is 0 Å². The third-order valence-electron chi connectivity index (χ3n) is 4.54. The summed E-state index contributed by atoms with van der Waals surface area (Å²) in [6.45, 7) is 0.877. The number of para-hydroxylation sites is 2. The van der Waals surface area contributed by atoms with Gasteiger partial charge in [0.1, 0.15) is 6.54 Å². The number of hydrogen-bond donors (Lipinski definition) is 0. The fraction of sp³-hybridized carbons (Fsp3) is 0.300. The van der Waals surface area contributed by atoms with Crippen LogP contribution in [0.1, 0.15) is 5.56 Å². The van der Waals surface area contributed by atoms with Crippen molar-refractivity contribution in [2.45, 2.75) is 6.42 Å². The Kier molecular flexibility index (Phi) is 5.86. The molecule has 3 rings (SSSR count). The van der Waals surface area contributed by atoms with Crippen LogP contribution in [-0.2, 0) is 16.0 Å². The first-order valence-corrected chi connectivity index (χ1v) is 8.95. The van der Waals surface area contributed by atoms with Gasteiger partial charge < -0.3 is 19.3 Å². The summed E-state index contributed by atoms with van der Waals surface area (Å²) in [5, 5.41) is 0.520. The zero-order valence-electron chi connectivity index (χ0n) is 15.3. The Morgan fingerprint density at radius 3 is 2.52 bits per heavy atom. The summed E-state index contributed by atoms with van der Waals surface area (Å²) in [5.74, 6) is 0.825. The number of carbonyl (C=O) groups is 2. The molecule has 1 heterocycles. The first kappa shape index (κ1) is 19.0. The van der Waals surface area contributed by atoms with E-state index in [1.54, 1.807) is 35.1 Å². The highest BCUT2D eigenvalue weighted by atomic mass is 35.5. The van der Waals surface area contributed by atoms with Crippen LogP contribution in [0.2, 0.25) is 5.02 Å². The molecule has 1 aliphatic rings. The van der Waals surface area contributed by atoms with Crippen molar-refractivity contribution in [3.05, 3.63) is 53.1 Å². The van der Waals surface area contributed by atoms with Gasteiger partial charge in [0.2, 0.25) is 11.8 Å². The van der Waals surface area contributed by atoms with Crippen LogP contribution < -0.4 is 14.4 Å². The Bertz CT molecular complexity index is 856. The number of anilines is 1. The standard InChI is InChI=1S/C20H21ClN2O4/c1-26-17-9-5-6-14(20(17)27-2)12-18(24)22-10-11-23(19(25)13-22)16-8-4-3-7-15(16)21/h3-9H,10-13H2,1-2H3. The Labute approximate surface area is 163 Å². The van der Waals surface area contributed by atoms with Crippen molar-refractivity contribution in [2.24, 2.45) is 0 Å². The number of halogens is 1. The fourth-order valence-corrected chi connectivity index (χ4v) is 3.42. The van der Waals surface area contributed by atoms with Gasteiger partial charge in [-0.15, -0.1) is 0 Å². The molecule has 0 unspecified atom stereocenters. The molecule has 0 atom stereocenters. The molecule has 142 valence electrons. The summed E-state index contributed by atoms with van der Waals surface area (Å²) in [6, 6.07) is 12.6. The summed E-state index contributed by atoms with van der Waals surface area (Å²) in [4.78, 5) is 28.5. The van der Waals surface area contributed by atoms with Gasteiger partial charge in [-0.2, -0.15) is 0 Å². The monoisotopic (exact) mass is 388 g/mol. The number of hydrogen-bond acceptors (Lipinski definition) is 4. The van der Waals surface area contributed by atoms with Crippen molar-refractivity contribution >= 4 is 29.1 Å². The van der Waals surface area contributed by atoms with Crippen LogP contribution in [-0.4, -0.2) is 50.6 Å². The molecule has 0 aromatic heterocycles. The van der Waals surface area contributed by atoms with Gasteiger partial charge in [-0.05, 0) is 18.2 Å². The maximum atomic E-state index is 12.7. The van der Waals surface area contributed by atoms with Crippen molar-refractivity contribution in [3.8, 4) is 11.5 Å². The van der Waals surface area contributed by atoms with Gasteiger partial charge in [-0.25, -0.2) is 0 Å². The second-order valence-electron chi connectivity index (χ2n) is 6.14. The minimum atomic E-state index is -0.152. The average molecular weight is 389 g/mol. The lowest BCUT2D eigenvalue weighted by atomic mass is 10.1. The molecule has 0 N–H and O–H groups in total. The van der Waals surface area contributed by atoms with E-state index in [2.05, 4.69) is 0 Å². The van der Waals surface area contributed by atoms with E-state index in [1.807, 2.05) is 24.3 Å². The van der Waals surface area contributed by atoms with E-state index in [4.69, 9.17) is 21.1 Å². The Morgan fingerprint density at radius 1 is 1.07 bits per heavy atom. The molecule has 0 saturated carbocycles. The summed E-state index contributed by atoms with van der Waals surface area (Å²) in [5.41, 5.74) is 1.40. The predicted octanol–water partition coefficient (Wildman–Crippen LogP) is 2.78. The fourth-order valence-electron chi connectivity index (χ4n) is 3.18. The van der Waals surface area contributed by atoms with Gasteiger partial charge in [0, 0.05) is 18.7 Å². The second kappa shape index (κ2) is 8.31. The highest BCUT2D eigenvalue weighted by molar-refractivity contribution is 6.33. The number of ether oxygens (including phenoxy) is 2. The Morgan fingerprint density at radius 2 is 1.85 bits per heavy atom. The molecule has 2 amide bonds. The van der Waals surface area contributed by atoms with Gasteiger partial charge in [0.05, 0.1) is 31.4 Å². The number of piperazine rings is 1. The Hall–Kier alpha value is -2.73. The van der Waals surface area contributed by atoms with Crippen LogP contribution in [0.15, 0.2) is 42.5 Å². The number of methoxy groups -OCH3 is 2. The van der Waals surface area contributed by atoms with E-state index in [9.17, 15) is 9.59 Å². The van der Waals surface area contributed by atoms with Gasteiger partial charge >= 0.3 is 0 Å². The molecular formula is C20H21ClN2O4. The molecule has 6 nitrogen and oxygen atoms in total. The molecule has 2 aromatic carbocycles. The molecule has 0 aliphatic carbocycles. The maximum Gasteiger partial charge on any atom is 0.246 e. The molecule has 1 fully saturated rings. The summed E-state index contributed by atoms with van der Waals surface area (Å²) in [7, 11) is 3.09. The number of amides is 2. The van der Waals surface area contributed by atoms with Gasteiger partial charge in [0.15, 0.2) is 11.5 Å². The van der Waals surface area contributed by atoms with Crippen LogP contribution in [0.25, 0.3) is 0 Å². The van der Waals surface area contributed by atoms with Gasteiger partial charge in [-0.3, -0.25) is 9.59 Å². The molecule has 2 aromatic rings. The smallest absolute Gasteiger partial charge is 0.246 e. The van der Waals surface area contributed by atoms with Crippen molar-refractivity contribution in [2.75, 3.05) is 38.8 Å². The molecule has 7 heteroatoms. The van der Waals surface area contributed by atoms with Crippen LogP contribution in [0.4, 0.5) is 5.69 Å². The van der Waals surface area contributed by atoms with E-state index in [1.165, 1.54) is 7.11 Å². The molecular weight excluding hydrogens is 368 g/mol. The molecule has 1 saturated heterocycles. The van der Waals surface area contributed by atoms with Crippen LogP contribution in [0.3, 0.4) is 0 Å². The van der Waals surface area contributed by atoms with Gasteiger partial charge in [-0.1, -0.05) is 35.9 Å². The number of nitrogens with zero attached hydrogens (tertiary/aromatic N) is 2. The molecule has 0 bridgehead atoms. The SMILES string of the molecule is COc1cccc(CC(=O)N2CCN(c3ccccc3Cl)C(=O)C2)c1OC. The first-order valence-electron chi connectivity index (χ1n) is 8.57. The van der Waals surface area contributed by atoms with Crippen LogP contribution in [0, 0.1) is 0 Å². The lowest BCUT2D eigenvalue weighted by Crippen LogP contribution is -2.52. The summed E-state index contributed by atoms with van der Waals surface area (Å²) < 4.78 is 10.7. The van der Waals surface area contributed by atoms with E-state index in [0.717, 1.165) is 5.56 Å². The topological polar surface area (TPSA) is 59.1 Å². The second-order valence-corrected chi connectivity index (χ2v) is 6.55. The molecule has 0 radical (unpaired) electrons. The van der Waals surface area contributed by atoms with Crippen molar-refractivity contribution < 1.29 is 19.1 Å². The first-order chi connectivity index (χ1) is 13.0. The zero-order valence-corrected chi connectivity index (χ0v) is 16.0.